The van der Waals surface area contributed by atoms with E-state index in [4.69, 9.17) is 27.9 Å². The highest BCUT2D eigenvalue weighted by Gasteiger charge is 2.11. The number of carbonyl (C=O) groups is 1. The molecule has 1 amide bonds. The maximum absolute atomic E-state index is 11.6. The second-order valence-electron chi connectivity index (χ2n) is 4.47. The third-order valence-corrected chi connectivity index (χ3v) is 2.92. The largest absolute Gasteiger partial charge is 0.467 e. The number of halogens is 2. The van der Waals surface area contributed by atoms with Gasteiger partial charge in [0.15, 0.2) is 6.61 Å². The van der Waals surface area contributed by atoms with Gasteiger partial charge in [-0.05, 0) is 26.0 Å². The van der Waals surface area contributed by atoms with Crippen LogP contribution in [-0.4, -0.2) is 28.5 Å². The van der Waals surface area contributed by atoms with Crippen LogP contribution in [0.4, 0.5) is 0 Å². The number of rotatable bonds is 4. The van der Waals surface area contributed by atoms with Crippen molar-refractivity contribution in [2.24, 2.45) is 0 Å². The quantitative estimate of drug-likeness (QED) is 0.942. The summed E-state index contributed by atoms with van der Waals surface area (Å²) in [6.45, 7) is 3.61. The summed E-state index contributed by atoms with van der Waals surface area (Å²) in [7, 11) is 0. The Kier molecular flexibility index (Phi) is 4.62. The van der Waals surface area contributed by atoms with Crippen molar-refractivity contribution in [2.75, 3.05) is 6.61 Å². The molecule has 0 radical (unpaired) electrons. The molecule has 0 aliphatic rings. The average Bonchev–Trinajstić information content (AvgIpc) is 2.35. The van der Waals surface area contributed by atoms with Gasteiger partial charge in [-0.15, -0.1) is 0 Å². The minimum Gasteiger partial charge on any atom is -0.467 e. The van der Waals surface area contributed by atoms with E-state index in [9.17, 15) is 4.79 Å². The molecule has 106 valence electrons. The Bertz CT molecular complexity index is 647. The first-order valence-corrected chi connectivity index (χ1v) is 6.75. The molecule has 1 heterocycles. The number of hydrogen-bond donors (Lipinski definition) is 1. The van der Waals surface area contributed by atoms with E-state index in [1.54, 1.807) is 12.1 Å². The minimum absolute atomic E-state index is 0.0529. The number of nitrogens with one attached hydrogen (secondary N) is 1. The van der Waals surface area contributed by atoms with Crippen molar-refractivity contribution in [3.63, 3.8) is 0 Å². The summed E-state index contributed by atoms with van der Waals surface area (Å²) >= 11 is 12.0. The van der Waals surface area contributed by atoms with Crippen LogP contribution >= 0.6 is 23.2 Å². The van der Waals surface area contributed by atoms with Gasteiger partial charge < -0.3 is 10.1 Å². The van der Waals surface area contributed by atoms with E-state index in [0.29, 0.717) is 20.9 Å². The van der Waals surface area contributed by atoms with Crippen LogP contribution in [0.5, 0.6) is 5.88 Å². The lowest BCUT2D eigenvalue weighted by molar-refractivity contribution is -0.123. The molecular weight excluding hydrogens is 301 g/mol. The van der Waals surface area contributed by atoms with E-state index in [0.717, 1.165) is 0 Å². The summed E-state index contributed by atoms with van der Waals surface area (Å²) in [5.74, 6) is 0.0539. The van der Waals surface area contributed by atoms with Crippen molar-refractivity contribution in [3.05, 3.63) is 28.5 Å². The van der Waals surface area contributed by atoms with E-state index in [1.165, 1.54) is 6.33 Å². The SMILES string of the molecule is CC(C)NC(=O)COc1ncnc2c(Cl)cc(Cl)cc12. The summed E-state index contributed by atoms with van der Waals surface area (Å²) < 4.78 is 5.41. The molecule has 0 unspecified atom stereocenters. The Morgan fingerprint density at radius 1 is 1.35 bits per heavy atom. The highest BCUT2D eigenvalue weighted by molar-refractivity contribution is 6.38. The molecule has 1 aromatic heterocycles. The fourth-order valence-corrected chi connectivity index (χ4v) is 2.22. The standard InChI is InChI=1S/C13H13Cl2N3O2/c1-7(2)18-11(19)5-20-13-9-3-8(14)4-10(15)12(9)16-6-17-13/h3-4,6-7H,5H2,1-2H3,(H,18,19). The first kappa shape index (κ1) is 14.8. The first-order valence-electron chi connectivity index (χ1n) is 5.99. The summed E-state index contributed by atoms with van der Waals surface area (Å²) in [6.07, 6.45) is 1.33. The minimum atomic E-state index is -0.222. The molecule has 5 nitrogen and oxygen atoms in total. The molecule has 2 rings (SSSR count). The number of nitrogens with zero attached hydrogens (tertiary/aromatic N) is 2. The molecule has 0 saturated heterocycles. The maximum Gasteiger partial charge on any atom is 0.258 e. The third-order valence-electron chi connectivity index (χ3n) is 2.41. The van der Waals surface area contributed by atoms with Gasteiger partial charge in [-0.1, -0.05) is 23.2 Å². The van der Waals surface area contributed by atoms with Gasteiger partial charge >= 0.3 is 0 Å². The predicted octanol–water partition coefficient (Wildman–Crippen LogP) is 2.84. The number of benzene rings is 1. The van der Waals surface area contributed by atoms with E-state index < -0.39 is 0 Å². The molecule has 1 N–H and O–H groups in total. The number of ether oxygens (including phenoxy) is 1. The molecule has 2 aromatic rings. The van der Waals surface area contributed by atoms with Crippen LogP contribution in [0.25, 0.3) is 10.9 Å². The fraction of sp³-hybridized carbons (Fsp3) is 0.308. The van der Waals surface area contributed by atoms with Crippen LogP contribution in [0.3, 0.4) is 0 Å². The second kappa shape index (κ2) is 6.24. The van der Waals surface area contributed by atoms with Crippen molar-refractivity contribution in [1.82, 2.24) is 15.3 Å². The molecular formula is C13H13Cl2N3O2. The Morgan fingerprint density at radius 2 is 2.10 bits per heavy atom. The predicted molar refractivity (Wildman–Crippen MR) is 78.3 cm³/mol. The fourth-order valence-electron chi connectivity index (χ4n) is 1.68. The van der Waals surface area contributed by atoms with Crippen molar-refractivity contribution >= 4 is 40.0 Å². The summed E-state index contributed by atoms with van der Waals surface area (Å²) in [4.78, 5) is 19.7. The summed E-state index contributed by atoms with van der Waals surface area (Å²) in [5.41, 5.74) is 0.533. The van der Waals surface area contributed by atoms with Crippen LogP contribution in [0.15, 0.2) is 18.5 Å². The topological polar surface area (TPSA) is 64.1 Å². The molecule has 7 heteroatoms. The van der Waals surface area contributed by atoms with Gasteiger partial charge in [0, 0.05) is 11.1 Å². The maximum atomic E-state index is 11.6. The zero-order chi connectivity index (χ0) is 14.7. The van der Waals surface area contributed by atoms with Gasteiger partial charge in [0.2, 0.25) is 5.88 Å². The molecule has 0 spiro atoms. The van der Waals surface area contributed by atoms with Gasteiger partial charge in [-0.3, -0.25) is 4.79 Å². The number of hydrogen-bond acceptors (Lipinski definition) is 4. The first-order chi connectivity index (χ1) is 9.47. The molecule has 0 saturated carbocycles. The molecule has 0 bridgehead atoms. The van der Waals surface area contributed by atoms with Gasteiger partial charge in [-0.25, -0.2) is 9.97 Å². The molecule has 0 aliphatic carbocycles. The van der Waals surface area contributed by atoms with Crippen molar-refractivity contribution in [2.45, 2.75) is 19.9 Å². The Balaban J connectivity index is 2.24. The summed E-state index contributed by atoms with van der Waals surface area (Å²) in [6, 6.07) is 3.30. The van der Waals surface area contributed by atoms with Crippen LogP contribution in [0.1, 0.15) is 13.8 Å². The Morgan fingerprint density at radius 3 is 2.80 bits per heavy atom. The highest BCUT2D eigenvalue weighted by atomic mass is 35.5. The third kappa shape index (κ3) is 3.49. The number of fused-ring (bicyclic) bond motifs is 1. The Labute approximate surface area is 126 Å². The van der Waals surface area contributed by atoms with Crippen molar-refractivity contribution in [3.8, 4) is 5.88 Å². The lowest BCUT2D eigenvalue weighted by Gasteiger charge is -2.10. The lowest BCUT2D eigenvalue weighted by atomic mass is 10.2. The Hall–Kier alpha value is -1.59. The smallest absolute Gasteiger partial charge is 0.258 e. The van der Waals surface area contributed by atoms with Crippen molar-refractivity contribution < 1.29 is 9.53 Å². The van der Waals surface area contributed by atoms with Crippen LogP contribution in [0, 0.1) is 0 Å². The van der Waals surface area contributed by atoms with Crippen molar-refractivity contribution in [1.29, 1.82) is 0 Å². The van der Waals surface area contributed by atoms with Gasteiger partial charge in [0.05, 0.1) is 15.9 Å². The molecule has 1 aromatic carbocycles. The average molecular weight is 314 g/mol. The zero-order valence-electron chi connectivity index (χ0n) is 11.0. The molecule has 0 atom stereocenters. The van der Waals surface area contributed by atoms with Crippen LogP contribution < -0.4 is 10.1 Å². The molecule has 0 fully saturated rings. The second-order valence-corrected chi connectivity index (χ2v) is 5.32. The number of aromatic nitrogens is 2. The molecule has 0 aliphatic heterocycles. The van der Waals surface area contributed by atoms with E-state index in [1.807, 2.05) is 13.8 Å². The summed E-state index contributed by atoms with van der Waals surface area (Å²) in [5, 5.41) is 4.16. The van der Waals surface area contributed by atoms with Gasteiger partial charge in [0.1, 0.15) is 6.33 Å². The lowest BCUT2D eigenvalue weighted by Crippen LogP contribution is -2.34. The van der Waals surface area contributed by atoms with Crippen LogP contribution in [-0.2, 0) is 4.79 Å². The normalized spacial score (nSPS) is 10.8. The van der Waals surface area contributed by atoms with E-state index in [-0.39, 0.29) is 24.4 Å². The monoisotopic (exact) mass is 313 g/mol. The van der Waals surface area contributed by atoms with Gasteiger partial charge in [-0.2, -0.15) is 0 Å². The number of amides is 1. The van der Waals surface area contributed by atoms with Crippen LogP contribution in [0.2, 0.25) is 10.0 Å². The van der Waals surface area contributed by atoms with E-state index >= 15 is 0 Å². The van der Waals surface area contributed by atoms with Gasteiger partial charge in [0.25, 0.3) is 5.91 Å². The van der Waals surface area contributed by atoms with E-state index in [2.05, 4.69) is 15.3 Å². The highest BCUT2D eigenvalue weighted by Crippen LogP contribution is 2.30. The molecule has 20 heavy (non-hydrogen) atoms. The zero-order valence-corrected chi connectivity index (χ0v) is 12.5. The number of carbonyl (C=O) groups excluding carboxylic acids is 1.